The van der Waals surface area contributed by atoms with Crippen LogP contribution in [0, 0.1) is 16.0 Å². The number of nitrogens with two attached hydrogens (primary N) is 1. The van der Waals surface area contributed by atoms with Crippen LogP contribution in [0.4, 0.5) is 11.4 Å². The summed E-state index contributed by atoms with van der Waals surface area (Å²) < 4.78 is 6.44. The van der Waals surface area contributed by atoms with E-state index in [1.54, 1.807) is 4.57 Å². The SMILES string of the molecule is COC(=O)c1c(N)c2cc([N+](=O)[O-])cnc2n1CCC(C)C. The van der Waals surface area contributed by atoms with Crippen molar-refractivity contribution in [1.82, 2.24) is 9.55 Å². The fraction of sp³-hybridized carbons (Fsp3) is 0.429. The molecule has 0 atom stereocenters. The molecule has 2 aromatic rings. The van der Waals surface area contributed by atoms with E-state index < -0.39 is 10.9 Å². The highest BCUT2D eigenvalue weighted by Crippen LogP contribution is 2.31. The number of carbonyl (C=O) groups is 1. The van der Waals surface area contributed by atoms with Gasteiger partial charge in [0, 0.05) is 18.0 Å². The van der Waals surface area contributed by atoms with E-state index in [4.69, 9.17) is 10.5 Å². The molecule has 2 rings (SSSR count). The molecule has 0 aromatic carbocycles. The van der Waals surface area contributed by atoms with Crippen LogP contribution < -0.4 is 5.73 Å². The lowest BCUT2D eigenvalue weighted by Crippen LogP contribution is -2.14. The van der Waals surface area contributed by atoms with Gasteiger partial charge in [-0.25, -0.2) is 9.78 Å². The van der Waals surface area contributed by atoms with Gasteiger partial charge < -0.3 is 15.0 Å². The lowest BCUT2D eigenvalue weighted by Gasteiger charge is -2.10. The topological polar surface area (TPSA) is 113 Å². The maximum Gasteiger partial charge on any atom is 0.356 e. The van der Waals surface area contributed by atoms with Crippen molar-refractivity contribution in [3.05, 3.63) is 28.1 Å². The van der Waals surface area contributed by atoms with Crippen molar-refractivity contribution < 1.29 is 14.5 Å². The van der Waals surface area contributed by atoms with Crippen LogP contribution in [0.2, 0.25) is 0 Å². The Bertz CT molecular complexity index is 736. The van der Waals surface area contributed by atoms with E-state index in [-0.39, 0.29) is 17.1 Å². The second kappa shape index (κ2) is 6.00. The van der Waals surface area contributed by atoms with Gasteiger partial charge in [0.1, 0.15) is 11.8 Å². The van der Waals surface area contributed by atoms with Gasteiger partial charge in [0.15, 0.2) is 5.69 Å². The quantitative estimate of drug-likeness (QED) is 0.515. The van der Waals surface area contributed by atoms with Crippen LogP contribution in [0.3, 0.4) is 0 Å². The molecule has 0 aliphatic carbocycles. The number of esters is 1. The second-order valence-electron chi connectivity index (χ2n) is 5.41. The van der Waals surface area contributed by atoms with Crippen molar-refractivity contribution in [3.63, 3.8) is 0 Å². The van der Waals surface area contributed by atoms with Crippen LogP contribution in [-0.4, -0.2) is 27.6 Å². The molecule has 0 spiro atoms. The molecule has 2 heterocycles. The van der Waals surface area contributed by atoms with Gasteiger partial charge in [0.2, 0.25) is 0 Å². The van der Waals surface area contributed by atoms with Crippen molar-refractivity contribution in [2.75, 3.05) is 12.8 Å². The van der Waals surface area contributed by atoms with Gasteiger partial charge in [-0.2, -0.15) is 0 Å². The minimum Gasteiger partial charge on any atom is -0.464 e. The molecule has 0 fully saturated rings. The number of aryl methyl sites for hydroxylation is 1. The predicted molar refractivity (Wildman–Crippen MR) is 81.6 cm³/mol. The van der Waals surface area contributed by atoms with Crippen molar-refractivity contribution >= 4 is 28.4 Å². The molecular weight excluding hydrogens is 288 g/mol. The Balaban J connectivity index is 2.67. The van der Waals surface area contributed by atoms with E-state index in [9.17, 15) is 14.9 Å². The second-order valence-corrected chi connectivity index (χ2v) is 5.41. The molecule has 8 heteroatoms. The molecule has 0 bridgehead atoms. The Morgan fingerprint density at radius 3 is 2.77 bits per heavy atom. The van der Waals surface area contributed by atoms with Crippen molar-refractivity contribution in [2.45, 2.75) is 26.8 Å². The number of hydrogen-bond acceptors (Lipinski definition) is 6. The molecule has 0 aliphatic rings. The lowest BCUT2D eigenvalue weighted by atomic mass is 10.1. The lowest BCUT2D eigenvalue weighted by molar-refractivity contribution is -0.385. The molecule has 0 unspecified atom stereocenters. The molecule has 8 nitrogen and oxygen atoms in total. The number of nitro groups is 1. The van der Waals surface area contributed by atoms with Gasteiger partial charge in [-0.1, -0.05) is 13.8 Å². The zero-order valence-corrected chi connectivity index (χ0v) is 12.7. The van der Waals surface area contributed by atoms with E-state index in [0.717, 1.165) is 12.6 Å². The molecule has 0 saturated heterocycles. The fourth-order valence-corrected chi connectivity index (χ4v) is 2.26. The minimum absolute atomic E-state index is 0.154. The Morgan fingerprint density at radius 2 is 2.23 bits per heavy atom. The number of nitrogen functional groups attached to an aromatic ring is 1. The molecule has 0 aliphatic heterocycles. The zero-order chi connectivity index (χ0) is 16.4. The number of pyridine rings is 1. The van der Waals surface area contributed by atoms with E-state index in [0.29, 0.717) is 23.5 Å². The number of nitrogens with zero attached hydrogens (tertiary/aromatic N) is 3. The van der Waals surface area contributed by atoms with Crippen molar-refractivity contribution in [1.29, 1.82) is 0 Å². The standard InChI is InChI=1S/C14H18N4O4/c1-8(2)4-5-17-12(14(19)22-3)11(15)10-6-9(18(20)21)7-16-13(10)17/h6-8H,4-5,15H2,1-3H3. The molecule has 0 saturated carbocycles. The highest BCUT2D eigenvalue weighted by Gasteiger charge is 2.24. The highest BCUT2D eigenvalue weighted by molar-refractivity contribution is 6.05. The van der Waals surface area contributed by atoms with Gasteiger partial charge in [-0.3, -0.25) is 10.1 Å². The Morgan fingerprint density at radius 1 is 1.55 bits per heavy atom. The summed E-state index contributed by atoms with van der Waals surface area (Å²) in [4.78, 5) is 26.4. The molecule has 2 N–H and O–H groups in total. The highest BCUT2D eigenvalue weighted by atomic mass is 16.6. The van der Waals surface area contributed by atoms with Crippen molar-refractivity contribution in [2.24, 2.45) is 5.92 Å². The monoisotopic (exact) mass is 306 g/mol. The van der Waals surface area contributed by atoms with Crippen LogP contribution >= 0.6 is 0 Å². The summed E-state index contributed by atoms with van der Waals surface area (Å²) >= 11 is 0. The number of aromatic nitrogens is 2. The summed E-state index contributed by atoms with van der Waals surface area (Å²) in [6, 6.07) is 1.33. The van der Waals surface area contributed by atoms with E-state index >= 15 is 0 Å². The molecule has 2 aromatic heterocycles. The van der Waals surface area contributed by atoms with E-state index in [1.807, 2.05) is 0 Å². The molecule has 118 valence electrons. The van der Waals surface area contributed by atoms with Crippen LogP contribution in [-0.2, 0) is 11.3 Å². The van der Waals surface area contributed by atoms with E-state index in [1.165, 1.54) is 13.2 Å². The summed E-state index contributed by atoms with van der Waals surface area (Å²) in [7, 11) is 1.27. The molecule has 0 radical (unpaired) electrons. The predicted octanol–water partition coefficient (Wildman–Crippen LogP) is 2.36. The Kier molecular flexibility index (Phi) is 4.30. The normalized spacial score (nSPS) is 11.1. The van der Waals surface area contributed by atoms with Crippen LogP contribution in [0.1, 0.15) is 30.8 Å². The molecule has 22 heavy (non-hydrogen) atoms. The first-order chi connectivity index (χ1) is 10.4. The summed E-state index contributed by atoms with van der Waals surface area (Å²) in [6.45, 7) is 4.65. The Hall–Kier alpha value is -2.64. The third kappa shape index (κ3) is 2.72. The van der Waals surface area contributed by atoms with Crippen LogP contribution in [0.5, 0.6) is 0 Å². The van der Waals surface area contributed by atoms with E-state index in [2.05, 4.69) is 18.8 Å². The average molecular weight is 306 g/mol. The summed E-state index contributed by atoms with van der Waals surface area (Å²) in [6.07, 6.45) is 1.97. The summed E-state index contributed by atoms with van der Waals surface area (Å²) in [5.74, 6) is -0.163. The number of ether oxygens (including phenoxy) is 1. The maximum absolute atomic E-state index is 12.0. The average Bonchev–Trinajstić information content (AvgIpc) is 2.76. The third-order valence-corrected chi connectivity index (χ3v) is 3.44. The first-order valence-electron chi connectivity index (χ1n) is 6.87. The number of rotatable bonds is 5. The fourth-order valence-electron chi connectivity index (χ4n) is 2.26. The van der Waals surface area contributed by atoms with Gasteiger partial charge >= 0.3 is 5.97 Å². The van der Waals surface area contributed by atoms with Gasteiger partial charge in [-0.15, -0.1) is 0 Å². The third-order valence-electron chi connectivity index (χ3n) is 3.44. The summed E-state index contributed by atoms with van der Waals surface area (Å²) in [5.41, 5.74) is 6.63. The molecular formula is C14H18N4O4. The number of hydrogen-bond donors (Lipinski definition) is 1. The van der Waals surface area contributed by atoms with Gasteiger partial charge in [-0.05, 0) is 12.3 Å². The maximum atomic E-state index is 12.0. The van der Waals surface area contributed by atoms with Crippen molar-refractivity contribution in [3.8, 4) is 0 Å². The largest absolute Gasteiger partial charge is 0.464 e. The van der Waals surface area contributed by atoms with Gasteiger partial charge in [0.25, 0.3) is 5.69 Å². The van der Waals surface area contributed by atoms with Crippen LogP contribution in [0.25, 0.3) is 11.0 Å². The van der Waals surface area contributed by atoms with Crippen LogP contribution in [0.15, 0.2) is 12.3 Å². The smallest absolute Gasteiger partial charge is 0.356 e. The number of carbonyl (C=O) groups excluding carboxylic acids is 1. The Labute approximate surface area is 127 Å². The first kappa shape index (κ1) is 15.7. The van der Waals surface area contributed by atoms with Gasteiger partial charge in [0.05, 0.1) is 17.7 Å². The number of fused-ring (bicyclic) bond motifs is 1. The number of anilines is 1. The summed E-state index contributed by atoms with van der Waals surface area (Å²) in [5, 5.41) is 11.3. The minimum atomic E-state index is -0.582. The zero-order valence-electron chi connectivity index (χ0n) is 12.7. The first-order valence-corrected chi connectivity index (χ1v) is 6.87. The number of methoxy groups -OCH3 is 1. The molecule has 0 amide bonds.